The summed E-state index contributed by atoms with van der Waals surface area (Å²) in [4.78, 5) is 33.9. The minimum Gasteiger partial charge on any atom is -0.497 e. The molecule has 5 aromatic heterocycles. The molecular formula is C32H23FN8O2. The molecule has 210 valence electrons. The number of rotatable bonds is 7. The molecule has 0 radical (unpaired) electrons. The number of nitrogens with one attached hydrogen (secondary N) is 3. The lowest BCUT2D eigenvalue weighted by Crippen LogP contribution is -2.14. The summed E-state index contributed by atoms with van der Waals surface area (Å²) in [6.07, 6.45) is 8.54. The first kappa shape index (κ1) is 26.0. The summed E-state index contributed by atoms with van der Waals surface area (Å²) in [5.74, 6) is 0.349. The van der Waals surface area contributed by atoms with E-state index in [0.29, 0.717) is 56.3 Å². The van der Waals surface area contributed by atoms with E-state index in [0.717, 1.165) is 16.5 Å². The Balaban J connectivity index is 1.22. The average Bonchev–Trinajstić information content (AvgIpc) is 3.65. The lowest BCUT2D eigenvalue weighted by molar-refractivity contribution is -0.115. The summed E-state index contributed by atoms with van der Waals surface area (Å²) in [7, 11) is 1.49. The summed E-state index contributed by atoms with van der Waals surface area (Å²) < 4.78 is 19.5. The van der Waals surface area contributed by atoms with Crippen LogP contribution in [0.25, 0.3) is 55.8 Å². The average molecular weight is 571 g/mol. The maximum atomic E-state index is 14.3. The SMILES string of the molecule is COc1cc(F)cc(-c2cncc3[nH]c(-c4n[nH]c5cnc(-c6cncc(NC(=O)Cc7ccccc7)c6)cc45)nc23)c1. The highest BCUT2D eigenvalue weighted by Gasteiger charge is 2.17. The van der Waals surface area contributed by atoms with Crippen LogP contribution in [0, 0.1) is 5.82 Å². The van der Waals surface area contributed by atoms with Crippen molar-refractivity contribution in [3.63, 3.8) is 0 Å². The number of fused-ring (bicyclic) bond motifs is 2. The fourth-order valence-corrected chi connectivity index (χ4v) is 4.98. The molecule has 0 aliphatic carbocycles. The first-order valence-corrected chi connectivity index (χ1v) is 13.4. The number of anilines is 1. The van der Waals surface area contributed by atoms with Crippen LogP contribution in [0.4, 0.5) is 10.1 Å². The van der Waals surface area contributed by atoms with Gasteiger partial charge in [-0.15, -0.1) is 0 Å². The fraction of sp³-hybridized carbons (Fsp3) is 0.0625. The van der Waals surface area contributed by atoms with Gasteiger partial charge in [0.1, 0.15) is 17.3 Å². The van der Waals surface area contributed by atoms with Gasteiger partial charge in [0, 0.05) is 35.0 Å². The zero-order valence-electron chi connectivity index (χ0n) is 22.8. The van der Waals surface area contributed by atoms with E-state index in [9.17, 15) is 9.18 Å². The Morgan fingerprint density at radius 3 is 2.65 bits per heavy atom. The van der Waals surface area contributed by atoms with Crippen molar-refractivity contribution in [2.75, 3.05) is 12.4 Å². The van der Waals surface area contributed by atoms with Gasteiger partial charge in [-0.3, -0.25) is 24.8 Å². The maximum Gasteiger partial charge on any atom is 0.228 e. The fourth-order valence-electron chi connectivity index (χ4n) is 4.98. The molecule has 0 spiro atoms. The van der Waals surface area contributed by atoms with Crippen molar-refractivity contribution in [1.29, 1.82) is 0 Å². The second kappa shape index (κ2) is 10.8. The van der Waals surface area contributed by atoms with Gasteiger partial charge in [-0.2, -0.15) is 5.10 Å². The number of H-pyrrole nitrogens is 2. The molecule has 0 aliphatic rings. The number of benzene rings is 2. The summed E-state index contributed by atoms with van der Waals surface area (Å²) in [5, 5.41) is 11.2. The number of hydrogen-bond acceptors (Lipinski definition) is 7. The van der Waals surface area contributed by atoms with Gasteiger partial charge in [-0.25, -0.2) is 9.37 Å². The zero-order valence-corrected chi connectivity index (χ0v) is 22.8. The number of nitrogens with zero attached hydrogens (tertiary/aromatic N) is 5. The lowest BCUT2D eigenvalue weighted by atomic mass is 10.1. The largest absolute Gasteiger partial charge is 0.497 e. The predicted octanol–water partition coefficient (Wildman–Crippen LogP) is 5.95. The second-order valence-electron chi connectivity index (χ2n) is 9.91. The number of aromatic nitrogens is 7. The van der Waals surface area contributed by atoms with Crippen molar-refractivity contribution >= 4 is 33.5 Å². The summed E-state index contributed by atoms with van der Waals surface area (Å²) >= 11 is 0. The molecule has 0 fully saturated rings. The maximum absolute atomic E-state index is 14.3. The van der Waals surface area contributed by atoms with Gasteiger partial charge in [0.05, 0.1) is 60.1 Å². The monoisotopic (exact) mass is 570 g/mol. The number of ether oxygens (including phenoxy) is 1. The van der Waals surface area contributed by atoms with Gasteiger partial charge in [0.25, 0.3) is 0 Å². The summed E-state index contributed by atoms with van der Waals surface area (Å²) in [6, 6.07) is 17.7. The Bertz CT molecular complexity index is 2120. The molecule has 11 heteroatoms. The number of pyridine rings is 3. The highest BCUT2D eigenvalue weighted by Crippen LogP contribution is 2.33. The van der Waals surface area contributed by atoms with Crippen LogP contribution in [0.5, 0.6) is 5.75 Å². The molecule has 7 aromatic rings. The minimum absolute atomic E-state index is 0.138. The molecular weight excluding hydrogens is 547 g/mol. The van der Waals surface area contributed by atoms with Gasteiger partial charge in [-0.1, -0.05) is 30.3 Å². The van der Waals surface area contributed by atoms with E-state index >= 15 is 0 Å². The van der Waals surface area contributed by atoms with E-state index < -0.39 is 5.82 Å². The Morgan fingerprint density at radius 1 is 0.930 bits per heavy atom. The second-order valence-corrected chi connectivity index (χ2v) is 9.91. The number of aromatic amines is 2. The van der Waals surface area contributed by atoms with E-state index in [1.165, 1.54) is 19.2 Å². The number of carbonyl (C=O) groups excluding carboxylic acids is 1. The van der Waals surface area contributed by atoms with Crippen LogP contribution >= 0.6 is 0 Å². The molecule has 7 rings (SSSR count). The normalized spacial score (nSPS) is 11.2. The van der Waals surface area contributed by atoms with Crippen LogP contribution in [0.15, 0.2) is 91.6 Å². The highest BCUT2D eigenvalue weighted by atomic mass is 19.1. The van der Waals surface area contributed by atoms with Crippen LogP contribution < -0.4 is 10.1 Å². The number of carbonyl (C=O) groups is 1. The highest BCUT2D eigenvalue weighted by molar-refractivity contribution is 5.98. The number of halogens is 1. The van der Waals surface area contributed by atoms with Crippen molar-refractivity contribution in [2.24, 2.45) is 0 Å². The van der Waals surface area contributed by atoms with E-state index in [2.05, 4.69) is 35.5 Å². The van der Waals surface area contributed by atoms with E-state index in [4.69, 9.17) is 9.72 Å². The molecule has 3 N–H and O–H groups in total. The first-order valence-electron chi connectivity index (χ1n) is 13.4. The molecule has 5 heterocycles. The lowest BCUT2D eigenvalue weighted by Gasteiger charge is -2.07. The van der Waals surface area contributed by atoms with Crippen LogP contribution in [-0.4, -0.2) is 48.1 Å². The zero-order chi connectivity index (χ0) is 29.3. The smallest absolute Gasteiger partial charge is 0.228 e. The van der Waals surface area contributed by atoms with Crippen molar-refractivity contribution in [3.8, 4) is 39.7 Å². The van der Waals surface area contributed by atoms with E-state index in [-0.39, 0.29) is 12.3 Å². The van der Waals surface area contributed by atoms with Gasteiger partial charge in [0.2, 0.25) is 5.91 Å². The summed E-state index contributed by atoms with van der Waals surface area (Å²) in [6.45, 7) is 0. The van der Waals surface area contributed by atoms with Crippen molar-refractivity contribution in [3.05, 3.63) is 103 Å². The number of hydrogen-bond donors (Lipinski definition) is 3. The molecule has 10 nitrogen and oxygen atoms in total. The molecule has 0 saturated heterocycles. The van der Waals surface area contributed by atoms with Crippen molar-refractivity contribution in [1.82, 2.24) is 35.1 Å². The Morgan fingerprint density at radius 2 is 1.79 bits per heavy atom. The third-order valence-electron chi connectivity index (χ3n) is 7.01. The van der Waals surface area contributed by atoms with Crippen LogP contribution in [0.3, 0.4) is 0 Å². The van der Waals surface area contributed by atoms with E-state index in [1.807, 2.05) is 42.5 Å². The predicted molar refractivity (Wildman–Crippen MR) is 161 cm³/mol. The molecule has 0 atom stereocenters. The molecule has 0 bridgehead atoms. The number of imidazole rings is 1. The van der Waals surface area contributed by atoms with Crippen LogP contribution in [0.1, 0.15) is 5.56 Å². The Kier molecular flexibility index (Phi) is 6.51. The number of amides is 1. The van der Waals surface area contributed by atoms with Crippen molar-refractivity contribution < 1.29 is 13.9 Å². The molecule has 2 aromatic carbocycles. The van der Waals surface area contributed by atoms with Gasteiger partial charge >= 0.3 is 0 Å². The Labute approximate surface area is 244 Å². The Hall–Kier alpha value is -5.97. The standard InChI is InChI=1S/C32H23FN8O2/c1-43-23-10-19(8-21(33)11-23)25-15-35-16-28-30(25)39-32(38-28)31-24-12-26(36-17-27(24)40-41-31)20-9-22(14-34-13-20)37-29(42)7-18-5-3-2-4-6-18/h2-6,8-17H,7H2,1H3,(H,37,42)(H,38,39)(H,40,41). The van der Waals surface area contributed by atoms with E-state index in [1.54, 1.807) is 37.1 Å². The van der Waals surface area contributed by atoms with Gasteiger partial charge < -0.3 is 15.0 Å². The van der Waals surface area contributed by atoms with Crippen molar-refractivity contribution in [2.45, 2.75) is 6.42 Å². The molecule has 43 heavy (non-hydrogen) atoms. The van der Waals surface area contributed by atoms with Crippen LogP contribution in [-0.2, 0) is 11.2 Å². The van der Waals surface area contributed by atoms with Gasteiger partial charge in [0.15, 0.2) is 5.82 Å². The molecule has 0 unspecified atom stereocenters. The first-order chi connectivity index (χ1) is 21.0. The third kappa shape index (κ3) is 5.15. The quantitative estimate of drug-likeness (QED) is 0.215. The topological polar surface area (TPSA) is 134 Å². The minimum atomic E-state index is -0.422. The molecule has 0 aliphatic heterocycles. The molecule has 0 saturated carbocycles. The molecule has 1 amide bonds. The third-order valence-corrected chi connectivity index (χ3v) is 7.01. The van der Waals surface area contributed by atoms with Crippen LogP contribution in [0.2, 0.25) is 0 Å². The van der Waals surface area contributed by atoms with Gasteiger partial charge in [-0.05, 0) is 35.4 Å². The number of methoxy groups -OCH3 is 1. The summed E-state index contributed by atoms with van der Waals surface area (Å²) in [5.41, 5.74) is 6.69.